The SMILES string of the molecule is CCOc1cc(/C=C/C(=O)O)ccc1OCC(CC)CC. The zero-order chi connectivity index (χ0) is 15.7. The quantitative estimate of drug-likeness (QED) is 0.699. The number of hydrogen-bond donors (Lipinski definition) is 1. The Morgan fingerprint density at radius 1 is 1.19 bits per heavy atom. The van der Waals surface area contributed by atoms with Gasteiger partial charge >= 0.3 is 5.97 Å². The topological polar surface area (TPSA) is 55.8 Å². The molecule has 0 aliphatic rings. The van der Waals surface area contributed by atoms with Gasteiger partial charge in [0.15, 0.2) is 11.5 Å². The lowest BCUT2D eigenvalue weighted by molar-refractivity contribution is -0.131. The molecule has 0 amide bonds. The van der Waals surface area contributed by atoms with Gasteiger partial charge in [-0.2, -0.15) is 0 Å². The van der Waals surface area contributed by atoms with Crippen LogP contribution in [-0.2, 0) is 4.79 Å². The normalized spacial score (nSPS) is 11.0. The smallest absolute Gasteiger partial charge is 0.328 e. The molecular weight excluding hydrogens is 268 g/mol. The van der Waals surface area contributed by atoms with Crippen LogP contribution in [0.15, 0.2) is 24.3 Å². The number of carboxylic acid groups (broad SMARTS) is 1. The Morgan fingerprint density at radius 2 is 1.90 bits per heavy atom. The average molecular weight is 292 g/mol. The Hall–Kier alpha value is -1.97. The molecule has 0 spiro atoms. The third-order valence-electron chi connectivity index (χ3n) is 3.32. The van der Waals surface area contributed by atoms with Crippen LogP contribution in [0.25, 0.3) is 6.08 Å². The first-order valence-electron chi connectivity index (χ1n) is 7.41. The molecule has 0 aliphatic heterocycles. The van der Waals surface area contributed by atoms with Crippen molar-refractivity contribution in [3.63, 3.8) is 0 Å². The van der Waals surface area contributed by atoms with Crippen LogP contribution in [0.4, 0.5) is 0 Å². The summed E-state index contributed by atoms with van der Waals surface area (Å²) in [5, 5.41) is 8.66. The Morgan fingerprint density at radius 3 is 2.48 bits per heavy atom. The zero-order valence-electron chi connectivity index (χ0n) is 13.0. The third kappa shape index (κ3) is 5.90. The van der Waals surface area contributed by atoms with Crippen molar-refractivity contribution in [3.05, 3.63) is 29.8 Å². The van der Waals surface area contributed by atoms with E-state index >= 15 is 0 Å². The molecule has 4 nitrogen and oxygen atoms in total. The molecule has 0 bridgehead atoms. The largest absolute Gasteiger partial charge is 0.490 e. The highest BCUT2D eigenvalue weighted by Crippen LogP contribution is 2.29. The van der Waals surface area contributed by atoms with Crippen LogP contribution in [-0.4, -0.2) is 24.3 Å². The van der Waals surface area contributed by atoms with E-state index in [0.29, 0.717) is 30.6 Å². The molecule has 0 saturated carbocycles. The number of aliphatic carboxylic acids is 1. The molecule has 0 aliphatic carbocycles. The summed E-state index contributed by atoms with van der Waals surface area (Å²) < 4.78 is 11.4. The van der Waals surface area contributed by atoms with E-state index in [4.69, 9.17) is 14.6 Å². The Balaban J connectivity index is 2.85. The van der Waals surface area contributed by atoms with Crippen molar-refractivity contribution < 1.29 is 19.4 Å². The second-order valence-electron chi connectivity index (χ2n) is 4.80. The number of benzene rings is 1. The zero-order valence-corrected chi connectivity index (χ0v) is 13.0. The summed E-state index contributed by atoms with van der Waals surface area (Å²) in [7, 11) is 0. The first-order chi connectivity index (χ1) is 10.1. The number of carboxylic acids is 1. The lowest BCUT2D eigenvalue weighted by atomic mass is 10.1. The predicted octanol–water partition coefficient (Wildman–Crippen LogP) is 4.00. The minimum atomic E-state index is -0.970. The fourth-order valence-corrected chi connectivity index (χ4v) is 1.92. The Kier molecular flexibility index (Phi) is 7.37. The lowest BCUT2D eigenvalue weighted by Crippen LogP contribution is -2.10. The van der Waals surface area contributed by atoms with Crippen LogP contribution in [0.1, 0.15) is 39.2 Å². The van der Waals surface area contributed by atoms with Gasteiger partial charge in [0, 0.05) is 6.08 Å². The molecule has 1 aromatic rings. The highest BCUT2D eigenvalue weighted by Gasteiger charge is 2.09. The number of hydrogen-bond acceptors (Lipinski definition) is 3. The lowest BCUT2D eigenvalue weighted by Gasteiger charge is -2.16. The summed E-state index contributed by atoms with van der Waals surface area (Å²) in [5.74, 6) is 0.917. The van der Waals surface area contributed by atoms with Gasteiger partial charge < -0.3 is 14.6 Å². The predicted molar refractivity (Wildman–Crippen MR) is 83.8 cm³/mol. The minimum absolute atomic E-state index is 0.533. The van der Waals surface area contributed by atoms with E-state index < -0.39 is 5.97 Å². The van der Waals surface area contributed by atoms with Crippen molar-refractivity contribution in [1.82, 2.24) is 0 Å². The van der Waals surface area contributed by atoms with Gasteiger partial charge in [0.2, 0.25) is 0 Å². The van der Waals surface area contributed by atoms with Gasteiger partial charge in [-0.05, 0) is 36.6 Å². The molecule has 0 radical (unpaired) electrons. The van der Waals surface area contributed by atoms with E-state index in [9.17, 15) is 4.79 Å². The van der Waals surface area contributed by atoms with Crippen molar-refractivity contribution in [2.24, 2.45) is 5.92 Å². The van der Waals surface area contributed by atoms with Gasteiger partial charge in [0.25, 0.3) is 0 Å². The van der Waals surface area contributed by atoms with Crippen LogP contribution in [0.3, 0.4) is 0 Å². The second-order valence-corrected chi connectivity index (χ2v) is 4.80. The molecule has 0 fully saturated rings. The van der Waals surface area contributed by atoms with Crippen LogP contribution < -0.4 is 9.47 Å². The molecule has 1 aromatic carbocycles. The highest BCUT2D eigenvalue weighted by molar-refractivity contribution is 5.85. The molecule has 4 heteroatoms. The van der Waals surface area contributed by atoms with Gasteiger partial charge in [0.1, 0.15) is 0 Å². The molecule has 0 unspecified atom stereocenters. The van der Waals surface area contributed by atoms with Crippen molar-refractivity contribution in [3.8, 4) is 11.5 Å². The van der Waals surface area contributed by atoms with Gasteiger partial charge in [0.05, 0.1) is 13.2 Å². The Bertz CT molecular complexity index is 476. The first kappa shape index (κ1) is 17.1. The molecular formula is C17H24O4. The maximum absolute atomic E-state index is 10.6. The number of carbonyl (C=O) groups is 1. The van der Waals surface area contributed by atoms with E-state index in [1.165, 1.54) is 6.08 Å². The highest BCUT2D eigenvalue weighted by atomic mass is 16.5. The van der Waals surface area contributed by atoms with Crippen molar-refractivity contribution >= 4 is 12.0 Å². The summed E-state index contributed by atoms with van der Waals surface area (Å²) in [6, 6.07) is 5.45. The maximum atomic E-state index is 10.6. The summed E-state index contributed by atoms with van der Waals surface area (Å²) in [4.78, 5) is 10.6. The van der Waals surface area contributed by atoms with E-state index in [0.717, 1.165) is 24.5 Å². The van der Waals surface area contributed by atoms with Crippen LogP contribution >= 0.6 is 0 Å². The molecule has 0 saturated heterocycles. The summed E-state index contributed by atoms with van der Waals surface area (Å²) >= 11 is 0. The molecule has 0 heterocycles. The van der Waals surface area contributed by atoms with Crippen molar-refractivity contribution in [2.45, 2.75) is 33.6 Å². The van der Waals surface area contributed by atoms with Crippen LogP contribution in [0.2, 0.25) is 0 Å². The van der Waals surface area contributed by atoms with E-state index in [1.807, 2.05) is 19.1 Å². The first-order valence-corrected chi connectivity index (χ1v) is 7.41. The van der Waals surface area contributed by atoms with E-state index in [2.05, 4.69) is 13.8 Å². The fourth-order valence-electron chi connectivity index (χ4n) is 1.92. The van der Waals surface area contributed by atoms with Gasteiger partial charge in [-0.25, -0.2) is 4.79 Å². The van der Waals surface area contributed by atoms with Gasteiger partial charge in [-0.1, -0.05) is 32.8 Å². The molecule has 1 N–H and O–H groups in total. The number of rotatable bonds is 9. The molecule has 0 atom stereocenters. The standard InChI is InChI=1S/C17H24O4/c1-4-13(5-2)12-21-15-9-7-14(8-10-17(18)19)11-16(15)20-6-3/h7-11,13H,4-6,12H2,1-3H3,(H,18,19)/b10-8+. The van der Waals surface area contributed by atoms with Gasteiger partial charge in [-0.3, -0.25) is 0 Å². The molecule has 116 valence electrons. The van der Waals surface area contributed by atoms with Crippen LogP contribution in [0.5, 0.6) is 11.5 Å². The van der Waals surface area contributed by atoms with Crippen LogP contribution in [0, 0.1) is 5.92 Å². The summed E-state index contributed by atoms with van der Waals surface area (Å²) in [5.41, 5.74) is 0.774. The molecule has 21 heavy (non-hydrogen) atoms. The molecule has 0 aromatic heterocycles. The Labute approximate surface area is 126 Å². The van der Waals surface area contributed by atoms with Gasteiger partial charge in [-0.15, -0.1) is 0 Å². The monoisotopic (exact) mass is 292 g/mol. The summed E-state index contributed by atoms with van der Waals surface area (Å²) in [6.45, 7) is 7.41. The van der Waals surface area contributed by atoms with E-state index in [-0.39, 0.29) is 0 Å². The second kappa shape index (κ2) is 9.06. The summed E-state index contributed by atoms with van der Waals surface area (Å²) in [6.07, 6.45) is 4.81. The van der Waals surface area contributed by atoms with E-state index in [1.54, 1.807) is 6.07 Å². The number of ether oxygens (including phenoxy) is 2. The third-order valence-corrected chi connectivity index (χ3v) is 3.32. The average Bonchev–Trinajstić information content (AvgIpc) is 2.48. The van der Waals surface area contributed by atoms with Crippen molar-refractivity contribution in [1.29, 1.82) is 0 Å². The fraction of sp³-hybridized carbons (Fsp3) is 0.471. The molecule has 1 rings (SSSR count). The maximum Gasteiger partial charge on any atom is 0.328 e. The van der Waals surface area contributed by atoms with Crippen molar-refractivity contribution in [2.75, 3.05) is 13.2 Å². The minimum Gasteiger partial charge on any atom is -0.490 e.